The first-order valence-corrected chi connectivity index (χ1v) is 8.44. The molecule has 0 bridgehead atoms. The molecule has 2 aromatic rings. The average molecular weight is 354 g/mol. The number of hydrogen-bond acceptors (Lipinski definition) is 4. The quantitative estimate of drug-likeness (QED) is 0.505. The van der Waals surface area contributed by atoms with E-state index in [1.807, 2.05) is 0 Å². The van der Waals surface area contributed by atoms with Crippen LogP contribution in [0.2, 0.25) is 0 Å². The number of Topliss-reactive ketones (excluding diaryl/α,β-unsaturated/α-hetero) is 2. The molecule has 0 amide bonds. The highest BCUT2D eigenvalue weighted by molar-refractivity contribution is 6.25. The van der Waals surface area contributed by atoms with Crippen LogP contribution in [0.25, 0.3) is 5.76 Å². The van der Waals surface area contributed by atoms with Crippen molar-refractivity contribution in [1.29, 1.82) is 0 Å². The summed E-state index contributed by atoms with van der Waals surface area (Å²) in [6, 6.07) is 11.1. The van der Waals surface area contributed by atoms with Gasteiger partial charge >= 0.3 is 0 Å². The van der Waals surface area contributed by atoms with Gasteiger partial charge in [-0.3, -0.25) is 9.59 Å². The lowest BCUT2D eigenvalue weighted by molar-refractivity contribution is -0.123. The van der Waals surface area contributed by atoms with Crippen LogP contribution < -0.4 is 4.74 Å². The van der Waals surface area contributed by atoms with Gasteiger partial charge in [-0.15, -0.1) is 0 Å². The van der Waals surface area contributed by atoms with Gasteiger partial charge in [0.25, 0.3) is 0 Å². The Kier molecular flexibility index (Phi) is 5.16. The Morgan fingerprint density at radius 2 is 1.73 bits per heavy atom. The molecule has 0 saturated heterocycles. The maximum Gasteiger partial charge on any atom is 0.170 e. The highest BCUT2D eigenvalue weighted by atomic mass is 19.1. The number of carbonyl (C=O) groups excluding carboxylic acids is 2. The molecule has 5 heteroatoms. The summed E-state index contributed by atoms with van der Waals surface area (Å²) in [4.78, 5) is 24.1. The number of halogens is 1. The topological polar surface area (TPSA) is 63.6 Å². The van der Waals surface area contributed by atoms with E-state index in [9.17, 15) is 19.1 Å². The summed E-state index contributed by atoms with van der Waals surface area (Å²) in [6.07, 6.45) is 1.06. The van der Waals surface area contributed by atoms with E-state index < -0.39 is 0 Å². The number of aliphatic hydroxyl groups is 1. The fraction of sp³-hybridized carbons (Fsp3) is 0.238. The van der Waals surface area contributed by atoms with Crippen molar-refractivity contribution >= 4 is 17.3 Å². The van der Waals surface area contributed by atoms with E-state index in [0.29, 0.717) is 23.3 Å². The number of ether oxygens (including phenoxy) is 1. The van der Waals surface area contributed by atoms with E-state index in [2.05, 4.69) is 0 Å². The third-order valence-electron chi connectivity index (χ3n) is 4.45. The Hall–Kier alpha value is -2.95. The number of hydrogen-bond donors (Lipinski definition) is 1. The zero-order valence-electron chi connectivity index (χ0n) is 14.4. The Morgan fingerprint density at radius 3 is 2.38 bits per heavy atom. The number of ketones is 2. The Labute approximate surface area is 150 Å². The zero-order valence-corrected chi connectivity index (χ0v) is 14.4. The predicted molar refractivity (Wildman–Crippen MR) is 95.3 cm³/mol. The normalized spacial score (nSPS) is 14.5. The summed E-state index contributed by atoms with van der Waals surface area (Å²) in [5, 5.41) is 10.5. The van der Waals surface area contributed by atoms with Crippen LogP contribution in [0.5, 0.6) is 5.75 Å². The second kappa shape index (κ2) is 7.52. The minimum absolute atomic E-state index is 0.116. The lowest BCUT2D eigenvalue weighted by atomic mass is 9.89. The number of carbonyl (C=O) groups is 2. The standard InChI is InChI=1S/C21H19FO4/c1-13-16(21(25)20-17(23)5-3-6-18(20)24)4-2-7-19(13)26-12-14-8-10-15(22)11-9-14/h2,4,7-11,25H,3,5-6,12H2,1H3. The third kappa shape index (κ3) is 3.67. The minimum Gasteiger partial charge on any atom is -0.506 e. The predicted octanol–water partition coefficient (Wildman–Crippen LogP) is 4.30. The molecule has 1 N–H and O–H groups in total. The molecular weight excluding hydrogens is 335 g/mol. The Morgan fingerprint density at radius 1 is 1.08 bits per heavy atom. The molecule has 3 rings (SSSR count). The Bertz CT molecular complexity index is 863. The first-order valence-electron chi connectivity index (χ1n) is 8.44. The first kappa shape index (κ1) is 17.9. The van der Waals surface area contributed by atoms with Crippen molar-refractivity contribution in [2.24, 2.45) is 0 Å². The number of allylic oxidation sites excluding steroid dienone is 1. The second-order valence-corrected chi connectivity index (χ2v) is 6.27. The molecule has 4 nitrogen and oxygen atoms in total. The van der Waals surface area contributed by atoms with Crippen LogP contribution in [0, 0.1) is 12.7 Å². The fourth-order valence-electron chi connectivity index (χ4n) is 2.98. The van der Waals surface area contributed by atoms with Gasteiger partial charge < -0.3 is 9.84 Å². The molecule has 1 aliphatic carbocycles. The fourth-order valence-corrected chi connectivity index (χ4v) is 2.98. The Balaban J connectivity index is 1.88. The second-order valence-electron chi connectivity index (χ2n) is 6.27. The van der Waals surface area contributed by atoms with Gasteiger partial charge in [-0.05, 0) is 37.1 Å². The lowest BCUT2D eigenvalue weighted by Gasteiger charge is -2.16. The van der Waals surface area contributed by atoms with Crippen LogP contribution in [-0.2, 0) is 16.2 Å². The molecule has 0 spiro atoms. The monoisotopic (exact) mass is 354 g/mol. The van der Waals surface area contributed by atoms with Gasteiger partial charge in [-0.25, -0.2) is 4.39 Å². The zero-order chi connectivity index (χ0) is 18.7. The molecule has 0 aliphatic heterocycles. The van der Waals surface area contributed by atoms with Gasteiger partial charge in [0.2, 0.25) is 0 Å². The van der Waals surface area contributed by atoms with Crippen LogP contribution in [0.1, 0.15) is 36.0 Å². The first-order chi connectivity index (χ1) is 12.5. The van der Waals surface area contributed by atoms with Crippen LogP contribution in [0.3, 0.4) is 0 Å². The van der Waals surface area contributed by atoms with Crippen molar-refractivity contribution in [3.05, 3.63) is 70.5 Å². The summed E-state index contributed by atoms with van der Waals surface area (Å²) < 4.78 is 18.7. The van der Waals surface area contributed by atoms with Crippen molar-refractivity contribution < 1.29 is 23.8 Å². The van der Waals surface area contributed by atoms with Crippen molar-refractivity contribution in [1.82, 2.24) is 0 Å². The summed E-state index contributed by atoms with van der Waals surface area (Å²) in [6.45, 7) is 1.99. The van der Waals surface area contributed by atoms with E-state index in [4.69, 9.17) is 4.74 Å². The summed E-state index contributed by atoms with van der Waals surface area (Å²) in [7, 11) is 0. The molecule has 26 heavy (non-hydrogen) atoms. The SMILES string of the molecule is Cc1c(OCc2ccc(F)cc2)cccc1C(O)=C1C(=O)CCCC1=O. The molecule has 134 valence electrons. The van der Waals surface area contributed by atoms with Crippen LogP contribution >= 0.6 is 0 Å². The van der Waals surface area contributed by atoms with E-state index in [1.165, 1.54) is 12.1 Å². The van der Waals surface area contributed by atoms with Crippen molar-refractivity contribution in [3.8, 4) is 5.75 Å². The van der Waals surface area contributed by atoms with E-state index >= 15 is 0 Å². The molecule has 1 saturated carbocycles. The lowest BCUT2D eigenvalue weighted by Crippen LogP contribution is -2.20. The summed E-state index contributed by atoms with van der Waals surface area (Å²) in [5.41, 5.74) is 1.72. The molecule has 2 aromatic carbocycles. The van der Waals surface area contributed by atoms with E-state index in [-0.39, 0.29) is 48.2 Å². The van der Waals surface area contributed by atoms with Gasteiger partial charge in [0, 0.05) is 24.0 Å². The van der Waals surface area contributed by atoms with Crippen LogP contribution in [0.15, 0.2) is 48.0 Å². The van der Waals surface area contributed by atoms with Crippen molar-refractivity contribution in [2.45, 2.75) is 32.8 Å². The summed E-state index contributed by atoms with van der Waals surface area (Å²) in [5.74, 6) is -0.726. The van der Waals surface area contributed by atoms with Gasteiger partial charge in [0.05, 0.1) is 0 Å². The van der Waals surface area contributed by atoms with Gasteiger partial charge in [-0.1, -0.05) is 24.3 Å². The molecule has 1 fully saturated rings. The average Bonchev–Trinajstić information content (AvgIpc) is 2.62. The maximum absolute atomic E-state index is 13.0. The van der Waals surface area contributed by atoms with Crippen LogP contribution in [0.4, 0.5) is 4.39 Å². The number of aliphatic hydroxyl groups excluding tert-OH is 1. The number of benzene rings is 2. The third-order valence-corrected chi connectivity index (χ3v) is 4.45. The largest absolute Gasteiger partial charge is 0.506 e. The molecule has 0 aromatic heterocycles. The van der Waals surface area contributed by atoms with E-state index in [1.54, 1.807) is 37.3 Å². The number of rotatable bonds is 4. The molecular formula is C21H19FO4. The van der Waals surface area contributed by atoms with Crippen molar-refractivity contribution in [3.63, 3.8) is 0 Å². The molecule has 0 heterocycles. The van der Waals surface area contributed by atoms with Gasteiger partial charge in [-0.2, -0.15) is 0 Å². The minimum atomic E-state index is -0.323. The molecule has 1 aliphatic rings. The molecule has 0 atom stereocenters. The maximum atomic E-state index is 13.0. The smallest absolute Gasteiger partial charge is 0.170 e. The van der Waals surface area contributed by atoms with E-state index in [0.717, 1.165) is 5.56 Å². The highest BCUT2D eigenvalue weighted by Crippen LogP contribution is 2.30. The van der Waals surface area contributed by atoms with Gasteiger partial charge in [0.15, 0.2) is 11.6 Å². The molecule has 0 radical (unpaired) electrons. The van der Waals surface area contributed by atoms with Crippen LogP contribution in [-0.4, -0.2) is 16.7 Å². The summed E-state index contributed by atoms with van der Waals surface area (Å²) >= 11 is 0. The van der Waals surface area contributed by atoms with Gasteiger partial charge in [0.1, 0.15) is 29.5 Å². The molecule has 0 unspecified atom stereocenters. The van der Waals surface area contributed by atoms with Crippen molar-refractivity contribution in [2.75, 3.05) is 0 Å². The highest BCUT2D eigenvalue weighted by Gasteiger charge is 2.28.